The van der Waals surface area contributed by atoms with Crippen LogP contribution in [0.1, 0.15) is 67.4 Å². The van der Waals surface area contributed by atoms with E-state index in [1.54, 1.807) is 51.2 Å². The summed E-state index contributed by atoms with van der Waals surface area (Å²) >= 11 is 6.43. The molecule has 1 saturated carbocycles. The van der Waals surface area contributed by atoms with Gasteiger partial charge in [-0.1, -0.05) is 30.7 Å². The highest BCUT2D eigenvalue weighted by Crippen LogP contribution is 2.49. The van der Waals surface area contributed by atoms with E-state index in [4.69, 9.17) is 21.1 Å². The number of amides is 2. The van der Waals surface area contributed by atoms with Gasteiger partial charge in [-0.2, -0.15) is 0 Å². The number of allylic oxidation sites excluding steroid dienone is 1. The molecule has 254 valence electrons. The minimum absolute atomic E-state index is 0.101. The second-order valence-electron chi connectivity index (χ2n) is 14.2. The van der Waals surface area contributed by atoms with Crippen LogP contribution in [-0.4, -0.2) is 76.9 Å². The first-order valence-electron chi connectivity index (χ1n) is 16.6. The predicted molar refractivity (Wildman–Crippen MR) is 184 cm³/mol. The third kappa shape index (κ3) is 6.06. The van der Waals surface area contributed by atoms with Crippen LogP contribution < -0.4 is 14.4 Å². The highest BCUT2D eigenvalue weighted by molar-refractivity contribution is 7.90. The molecule has 0 unspecified atom stereocenters. The van der Waals surface area contributed by atoms with Crippen molar-refractivity contribution in [3.63, 3.8) is 0 Å². The number of halogens is 1. The zero-order valence-corrected chi connectivity index (χ0v) is 29.5. The van der Waals surface area contributed by atoms with E-state index in [0.717, 1.165) is 37.8 Å². The minimum Gasteiger partial charge on any atom is -0.490 e. The molecule has 0 aromatic heterocycles. The normalized spacial score (nSPS) is 32.5. The van der Waals surface area contributed by atoms with Crippen LogP contribution in [0.5, 0.6) is 5.75 Å². The van der Waals surface area contributed by atoms with Crippen LogP contribution in [-0.2, 0) is 31.4 Å². The van der Waals surface area contributed by atoms with Gasteiger partial charge < -0.3 is 19.3 Å². The number of methoxy groups -OCH3 is 1. The average Bonchev–Trinajstić information content (AvgIpc) is 3.17. The topological polar surface area (TPSA) is 105 Å². The Balaban J connectivity index is 1.48. The van der Waals surface area contributed by atoms with Gasteiger partial charge in [0.05, 0.1) is 17.5 Å². The van der Waals surface area contributed by atoms with E-state index >= 15 is 0 Å². The molecule has 47 heavy (non-hydrogen) atoms. The number of carbonyl (C=O) groups excluding carboxylic acids is 2. The summed E-state index contributed by atoms with van der Waals surface area (Å²) in [6.07, 6.45) is 8.72. The van der Waals surface area contributed by atoms with Gasteiger partial charge >= 0.3 is 0 Å². The van der Waals surface area contributed by atoms with Crippen LogP contribution in [0.15, 0.2) is 48.6 Å². The molecule has 1 N–H and O–H groups in total. The van der Waals surface area contributed by atoms with Crippen molar-refractivity contribution in [2.75, 3.05) is 45.8 Å². The van der Waals surface area contributed by atoms with E-state index in [0.29, 0.717) is 36.9 Å². The number of hydrogen-bond acceptors (Lipinski definition) is 7. The number of nitrogens with one attached hydrogen (secondary N) is 1. The number of hydrogen-bond donors (Lipinski definition) is 1. The summed E-state index contributed by atoms with van der Waals surface area (Å²) in [6.45, 7) is 5.14. The third-order valence-corrected chi connectivity index (χ3v) is 13.3. The predicted octanol–water partition coefficient (Wildman–Crippen LogP) is 5.36. The van der Waals surface area contributed by atoms with Gasteiger partial charge in [0.25, 0.3) is 11.8 Å². The Morgan fingerprint density at radius 1 is 1.15 bits per heavy atom. The lowest BCUT2D eigenvalue weighted by Crippen LogP contribution is -2.59. The quantitative estimate of drug-likeness (QED) is 0.425. The molecule has 2 aromatic carbocycles. The molecule has 2 aliphatic carbocycles. The number of likely N-dealkylation sites (N-methyl/N-ethyl adjacent to an activating group) is 1. The summed E-state index contributed by atoms with van der Waals surface area (Å²) in [4.78, 5) is 31.3. The summed E-state index contributed by atoms with van der Waals surface area (Å²) in [7, 11) is 1.06. The lowest BCUT2D eigenvalue weighted by atomic mass is 9.63. The number of aryl methyl sites for hydroxylation is 1. The maximum atomic E-state index is 13.9. The number of rotatable bonds is 2. The molecular formula is C36H46ClN3O6S. The lowest BCUT2D eigenvalue weighted by Gasteiger charge is -2.50. The average molecular weight is 684 g/mol. The molecule has 0 saturated heterocycles. The number of benzene rings is 2. The summed E-state index contributed by atoms with van der Waals surface area (Å²) in [5.74, 6) is -0.473. The van der Waals surface area contributed by atoms with Gasteiger partial charge in [0.1, 0.15) is 5.75 Å². The van der Waals surface area contributed by atoms with E-state index in [9.17, 15) is 18.0 Å². The molecule has 0 radical (unpaired) electrons. The standard InChI is InChI=1S/C36H46ClN3O6S/c1-23-8-6-17-36(45-5,34(42)39(3)4)30-13-10-27(30)20-40-21-35(16-7-9-25-18-28(37)12-14-29(25)35)22-46-32-15-11-26(19-31(32)40)33(41)38-47(43,44)24(23)2/h6,11-12,14-15,17-19,23-24,27,30H,7-10,13,16,20-22H2,1-5H3,(H,38,41)/b17-6-/t23-,24+,27-,30+,35-,36-/m0/s1. The smallest absolute Gasteiger partial charge is 0.264 e. The molecule has 1 spiro atoms. The van der Waals surface area contributed by atoms with E-state index in [2.05, 4.69) is 21.8 Å². The first-order chi connectivity index (χ1) is 22.3. The molecule has 6 atom stereocenters. The first kappa shape index (κ1) is 33.8. The molecule has 9 nitrogen and oxygen atoms in total. The van der Waals surface area contributed by atoms with Gasteiger partial charge in [-0.3, -0.25) is 9.59 Å². The van der Waals surface area contributed by atoms with Gasteiger partial charge in [-0.25, -0.2) is 13.1 Å². The minimum atomic E-state index is -4.00. The van der Waals surface area contributed by atoms with Crippen LogP contribution in [0.4, 0.5) is 5.69 Å². The number of sulfonamides is 1. The van der Waals surface area contributed by atoms with Crippen molar-refractivity contribution in [1.29, 1.82) is 0 Å². The van der Waals surface area contributed by atoms with Gasteiger partial charge in [0, 0.05) is 56.2 Å². The largest absolute Gasteiger partial charge is 0.490 e. The second kappa shape index (κ2) is 12.7. The molecular weight excluding hydrogens is 638 g/mol. The molecule has 2 amide bonds. The van der Waals surface area contributed by atoms with E-state index in [-0.39, 0.29) is 34.6 Å². The zero-order valence-electron chi connectivity index (χ0n) is 27.9. The Morgan fingerprint density at radius 2 is 1.94 bits per heavy atom. The van der Waals surface area contributed by atoms with Crippen LogP contribution in [0.3, 0.4) is 0 Å². The van der Waals surface area contributed by atoms with Gasteiger partial charge in [0.15, 0.2) is 5.60 Å². The number of anilines is 1. The Bertz CT molecular complexity index is 1700. The Labute approximate surface area is 283 Å². The number of fused-ring (bicyclic) bond motifs is 4. The molecule has 1 fully saturated rings. The van der Waals surface area contributed by atoms with Crippen LogP contribution in [0, 0.1) is 17.8 Å². The Kier molecular flexibility index (Phi) is 9.17. The van der Waals surface area contributed by atoms with Crippen LogP contribution >= 0.6 is 11.6 Å². The van der Waals surface area contributed by atoms with E-state index < -0.39 is 26.8 Å². The van der Waals surface area contributed by atoms with Gasteiger partial charge in [-0.05, 0) is 105 Å². The van der Waals surface area contributed by atoms with Crippen molar-refractivity contribution in [1.82, 2.24) is 9.62 Å². The number of ether oxygens (including phenoxy) is 2. The van der Waals surface area contributed by atoms with Crippen LogP contribution in [0.25, 0.3) is 0 Å². The molecule has 2 aromatic rings. The van der Waals surface area contributed by atoms with E-state index in [1.165, 1.54) is 11.1 Å². The third-order valence-electron chi connectivity index (χ3n) is 11.2. The lowest BCUT2D eigenvalue weighted by molar-refractivity contribution is -0.160. The molecule has 11 heteroatoms. The molecule has 2 aliphatic heterocycles. The van der Waals surface area contributed by atoms with Crippen molar-refractivity contribution >= 4 is 39.1 Å². The van der Waals surface area contributed by atoms with Crippen molar-refractivity contribution in [2.45, 2.75) is 68.6 Å². The summed E-state index contributed by atoms with van der Waals surface area (Å²) < 4.78 is 41.9. The number of carbonyl (C=O) groups is 2. The molecule has 6 rings (SSSR count). The fourth-order valence-electron chi connectivity index (χ4n) is 8.14. The van der Waals surface area contributed by atoms with Crippen LogP contribution in [0.2, 0.25) is 5.02 Å². The summed E-state index contributed by atoms with van der Waals surface area (Å²) in [5.41, 5.74) is 1.92. The summed E-state index contributed by atoms with van der Waals surface area (Å²) in [6, 6.07) is 11.3. The second-order valence-corrected chi connectivity index (χ2v) is 16.7. The fourth-order valence-corrected chi connectivity index (χ4v) is 9.62. The molecule has 4 aliphatic rings. The Morgan fingerprint density at radius 3 is 2.64 bits per heavy atom. The van der Waals surface area contributed by atoms with Crippen molar-refractivity contribution in [3.05, 3.63) is 70.3 Å². The SMILES string of the molecule is CO[C@@]1(C(=O)N(C)C)/C=C\C[C@H](C)[C@@H](C)S(=O)(=O)NC(=O)c2ccc3c(c2)N(C[C@@H]2CC[C@H]21)C[C@@]1(CCCc2cc(Cl)ccc21)CO3. The van der Waals surface area contributed by atoms with Gasteiger partial charge in [0.2, 0.25) is 10.0 Å². The molecule has 2 bridgehead atoms. The highest BCUT2D eigenvalue weighted by atomic mass is 35.5. The first-order valence-corrected chi connectivity index (χ1v) is 18.5. The Hall–Kier alpha value is -3.08. The number of nitrogens with zero attached hydrogens (tertiary/aromatic N) is 2. The van der Waals surface area contributed by atoms with E-state index in [1.807, 2.05) is 25.1 Å². The highest BCUT2D eigenvalue weighted by Gasteiger charge is 2.53. The molecule has 2 heterocycles. The summed E-state index contributed by atoms with van der Waals surface area (Å²) in [5, 5.41) is -0.146. The van der Waals surface area contributed by atoms with Gasteiger partial charge in [-0.15, -0.1) is 0 Å². The fraction of sp³-hybridized carbons (Fsp3) is 0.556. The monoisotopic (exact) mass is 683 g/mol. The maximum absolute atomic E-state index is 13.9. The zero-order chi connectivity index (χ0) is 33.7. The van der Waals surface area contributed by atoms with Crippen molar-refractivity contribution < 1.29 is 27.5 Å². The maximum Gasteiger partial charge on any atom is 0.264 e. The van der Waals surface area contributed by atoms with Crippen molar-refractivity contribution in [3.8, 4) is 5.75 Å². The van der Waals surface area contributed by atoms with Crippen molar-refractivity contribution in [2.24, 2.45) is 17.8 Å².